The Bertz CT molecular complexity index is 853. The summed E-state index contributed by atoms with van der Waals surface area (Å²) in [5, 5.41) is 5.32. The Balaban J connectivity index is 2.20. The molecule has 1 unspecified atom stereocenters. The molecule has 0 aliphatic heterocycles. The second-order valence-electron chi connectivity index (χ2n) is 6.60. The van der Waals surface area contributed by atoms with E-state index in [4.69, 9.17) is 4.74 Å². The largest absolute Gasteiger partial charge is 0.497 e. The fourth-order valence-electron chi connectivity index (χ4n) is 3.21. The van der Waals surface area contributed by atoms with Gasteiger partial charge < -0.3 is 15.4 Å². The van der Waals surface area contributed by atoms with Crippen LogP contribution >= 0.6 is 0 Å². The summed E-state index contributed by atoms with van der Waals surface area (Å²) in [5.41, 5.74) is 1.30. The quantitative estimate of drug-likeness (QED) is 0.674. The summed E-state index contributed by atoms with van der Waals surface area (Å²) >= 11 is 0. The standard InChI is InChI=1S/C22H28FN3O3/c1-5-26(6-2)21(16-8-7-9-18(12-16)29-4)14-24-22(28)17-10-11-19(23)20(13-17)25-15(3)27/h7-13,21H,5-6,14H2,1-4H3,(H,24,28)(H,25,27). The molecule has 2 N–H and O–H groups in total. The van der Waals surface area contributed by atoms with E-state index in [1.54, 1.807) is 7.11 Å². The molecule has 0 aromatic heterocycles. The lowest BCUT2D eigenvalue weighted by molar-refractivity contribution is -0.114. The SMILES string of the molecule is CCN(CC)C(CNC(=O)c1ccc(F)c(NC(C)=O)c1)c1cccc(OC)c1. The maximum Gasteiger partial charge on any atom is 0.251 e. The fraction of sp³-hybridized carbons (Fsp3) is 0.364. The number of likely N-dealkylation sites (N-methyl/N-ethyl adjacent to an activating group) is 1. The highest BCUT2D eigenvalue weighted by molar-refractivity contribution is 5.96. The molecule has 29 heavy (non-hydrogen) atoms. The Hall–Kier alpha value is -2.93. The molecular weight excluding hydrogens is 373 g/mol. The summed E-state index contributed by atoms with van der Waals surface area (Å²) in [4.78, 5) is 26.1. The van der Waals surface area contributed by atoms with E-state index >= 15 is 0 Å². The van der Waals surface area contributed by atoms with Gasteiger partial charge in [-0.3, -0.25) is 14.5 Å². The van der Waals surface area contributed by atoms with Crippen molar-refractivity contribution in [2.24, 2.45) is 0 Å². The van der Waals surface area contributed by atoms with Crippen molar-refractivity contribution in [1.82, 2.24) is 10.2 Å². The molecule has 0 saturated heterocycles. The molecule has 0 saturated carbocycles. The number of carbonyl (C=O) groups excluding carboxylic acids is 2. The molecule has 0 bridgehead atoms. The number of nitrogens with one attached hydrogen (secondary N) is 2. The van der Waals surface area contributed by atoms with Crippen LogP contribution in [0.4, 0.5) is 10.1 Å². The van der Waals surface area contributed by atoms with Gasteiger partial charge in [-0.15, -0.1) is 0 Å². The maximum absolute atomic E-state index is 13.8. The second kappa shape index (κ2) is 10.6. The van der Waals surface area contributed by atoms with Gasteiger partial charge in [-0.25, -0.2) is 4.39 Å². The van der Waals surface area contributed by atoms with Crippen LogP contribution in [-0.2, 0) is 4.79 Å². The zero-order valence-corrected chi connectivity index (χ0v) is 17.3. The van der Waals surface area contributed by atoms with Crippen LogP contribution in [0.3, 0.4) is 0 Å². The molecule has 0 spiro atoms. The average molecular weight is 401 g/mol. The molecule has 6 nitrogen and oxygen atoms in total. The number of halogens is 1. The minimum absolute atomic E-state index is 0.0155. The number of benzene rings is 2. The van der Waals surface area contributed by atoms with E-state index in [1.165, 1.54) is 25.1 Å². The lowest BCUT2D eigenvalue weighted by atomic mass is 10.0. The first kappa shape index (κ1) is 22.4. The topological polar surface area (TPSA) is 70.7 Å². The minimum Gasteiger partial charge on any atom is -0.497 e. The van der Waals surface area contributed by atoms with Crippen LogP contribution in [-0.4, -0.2) is 43.5 Å². The third-order valence-corrected chi connectivity index (χ3v) is 4.73. The predicted octanol–water partition coefficient (Wildman–Crippen LogP) is 3.61. The van der Waals surface area contributed by atoms with Gasteiger partial charge in [0.15, 0.2) is 0 Å². The van der Waals surface area contributed by atoms with Crippen LogP contribution in [0.5, 0.6) is 5.75 Å². The van der Waals surface area contributed by atoms with E-state index in [0.717, 1.165) is 24.4 Å². The molecule has 0 fully saturated rings. The number of ether oxygens (including phenoxy) is 1. The first-order valence-electron chi connectivity index (χ1n) is 9.62. The minimum atomic E-state index is -0.589. The monoisotopic (exact) mass is 401 g/mol. The highest BCUT2D eigenvalue weighted by Gasteiger charge is 2.20. The van der Waals surface area contributed by atoms with Crippen LogP contribution in [0.25, 0.3) is 0 Å². The van der Waals surface area contributed by atoms with E-state index in [-0.39, 0.29) is 23.2 Å². The second-order valence-corrected chi connectivity index (χ2v) is 6.60. The molecule has 2 rings (SSSR count). The van der Waals surface area contributed by atoms with Crippen molar-refractivity contribution < 1.29 is 18.7 Å². The number of carbonyl (C=O) groups is 2. The van der Waals surface area contributed by atoms with Gasteiger partial charge in [0.1, 0.15) is 11.6 Å². The van der Waals surface area contributed by atoms with Gasteiger partial charge in [-0.1, -0.05) is 26.0 Å². The van der Waals surface area contributed by atoms with Crippen LogP contribution in [0.2, 0.25) is 0 Å². The Morgan fingerprint density at radius 1 is 1.14 bits per heavy atom. The molecule has 1 atom stereocenters. The molecule has 2 aromatic carbocycles. The van der Waals surface area contributed by atoms with E-state index < -0.39 is 11.7 Å². The highest BCUT2D eigenvalue weighted by Crippen LogP contribution is 2.24. The molecule has 0 aliphatic carbocycles. The maximum atomic E-state index is 13.8. The molecule has 0 aliphatic rings. The van der Waals surface area contributed by atoms with Crippen molar-refractivity contribution in [2.45, 2.75) is 26.8 Å². The van der Waals surface area contributed by atoms with Gasteiger partial charge in [0, 0.05) is 19.0 Å². The third kappa shape index (κ3) is 6.02. The molecule has 7 heteroatoms. The van der Waals surface area contributed by atoms with Gasteiger partial charge in [0.25, 0.3) is 5.91 Å². The number of rotatable bonds is 9. The Morgan fingerprint density at radius 2 is 1.86 bits per heavy atom. The van der Waals surface area contributed by atoms with Crippen molar-refractivity contribution in [2.75, 3.05) is 32.1 Å². The van der Waals surface area contributed by atoms with Gasteiger partial charge in [0.2, 0.25) is 5.91 Å². The summed E-state index contributed by atoms with van der Waals surface area (Å²) < 4.78 is 19.2. The number of methoxy groups -OCH3 is 1. The summed E-state index contributed by atoms with van der Waals surface area (Å²) in [6.45, 7) is 7.43. The van der Waals surface area contributed by atoms with E-state index in [2.05, 4.69) is 29.4 Å². The lowest BCUT2D eigenvalue weighted by Gasteiger charge is -2.30. The van der Waals surface area contributed by atoms with Crippen molar-refractivity contribution in [3.8, 4) is 5.75 Å². The average Bonchev–Trinajstić information content (AvgIpc) is 2.72. The Kier molecular flexibility index (Phi) is 8.15. The molecule has 2 amide bonds. The van der Waals surface area contributed by atoms with Crippen LogP contribution in [0, 0.1) is 5.82 Å². The van der Waals surface area contributed by atoms with Gasteiger partial charge >= 0.3 is 0 Å². The molecule has 2 aromatic rings. The zero-order chi connectivity index (χ0) is 21.4. The summed E-state index contributed by atoms with van der Waals surface area (Å²) in [5.74, 6) is -0.573. The first-order valence-corrected chi connectivity index (χ1v) is 9.62. The zero-order valence-electron chi connectivity index (χ0n) is 17.3. The van der Waals surface area contributed by atoms with Crippen molar-refractivity contribution in [1.29, 1.82) is 0 Å². The van der Waals surface area contributed by atoms with E-state index in [9.17, 15) is 14.0 Å². The number of amides is 2. The van der Waals surface area contributed by atoms with Crippen LogP contribution in [0.15, 0.2) is 42.5 Å². The number of hydrogen-bond donors (Lipinski definition) is 2. The van der Waals surface area contributed by atoms with E-state index in [0.29, 0.717) is 6.54 Å². The first-order chi connectivity index (χ1) is 13.9. The third-order valence-electron chi connectivity index (χ3n) is 4.73. The van der Waals surface area contributed by atoms with Crippen molar-refractivity contribution >= 4 is 17.5 Å². The number of hydrogen-bond acceptors (Lipinski definition) is 4. The van der Waals surface area contributed by atoms with Gasteiger partial charge in [-0.05, 0) is 49.0 Å². The molecular formula is C22H28FN3O3. The Morgan fingerprint density at radius 3 is 2.48 bits per heavy atom. The van der Waals surface area contributed by atoms with Crippen LogP contribution < -0.4 is 15.4 Å². The van der Waals surface area contributed by atoms with Crippen molar-refractivity contribution in [3.05, 3.63) is 59.4 Å². The number of anilines is 1. The van der Waals surface area contributed by atoms with E-state index in [1.807, 2.05) is 24.3 Å². The Labute approximate surface area is 171 Å². The normalized spacial score (nSPS) is 11.8. The smallest absolute Gasteiger partial charge is 0.251 e. The van der Waals surface area contributed by atoms with Crippen LogP contribution in [0.1, 0.15) is 42.7 Å². The predicted molar refractivity (Wildman–Crippen MR) is 112 cm³/mol. The lowest BCUT2D eigenvalue weighted by Crippen LogP contribution is -2.38. The van der Waals surface area contributed by atoms with Gasteiger partial charge in [0.05, 0.1) is 18.8 Å². The molecule has 0 radical (unpaired) electrons. The number of nitrogens with zero attached hydrogens (tertiary/aromatic N) is 1. The summed E-state index contributed by atoms with van der Waals surface area (Å²) in [6, 6.07) is 11.6. The molecule has 0 heterocycles. The van der Waals surface area contributed by atoms with Crippen molar-refractivity contribution in [3.63, 3.8) is 0 Å². The molecule has 156 valence electrons. The highest BCUT2D eigenvalue weighted by atomic mass is 19.1. The summed E-state index contributed by atoms with van der Waals surface area (Å²) in [6.07, 6.45) is 0. The summed E-state index contributed by atoms with van der Waals surface area (Å²) in [7, 11) is 1.62. The fourth-order valence-corrected chi connectivity index (χ4v) is 3.21. The van der Waals surface area contributed by atoms with Gasteiger partial charge in [-0.2, -0.15) is 0 Å².